The van der Waals surface area contributed by atoms with Crippen LogP contribution < -0.4 is 15.4 Å². The smallest absolute Gasteiger partial charge is 0.257 e. The van der Waals surface area contributed by atoms with E-state index in [9.17, 15) is 46.8 Å². The largest absolute Gasteiger partial charge is 0.499 e. The van der Waals surface area contributed by atoms with Gasteiger partial charge in [-0.25, -0.2) is 13.1 Å². The minimum atomic E-state index is -4.07. The summed E-state index contributed by atoms with van der Waals surface area (Å²) in [5.74, 6) is -7.56. The molecule has 0 aromatic carbocycles. The molecule has 19 nitrogen and oxygen atoms in total. The molecule has 3 rings (SSSR count). The molecular formula is C51H64Cl18N6O13S. The second kappa shape index (κ2) is 34.1. The van der Waals surface area contributed by atoms with Crippen LogP contribution in [0, 0.1) is 10.8 Å². The minimum Gasteiger partial charge on any atom is -0.499 e. The molecular weight excluding hydrogens is 1570 g/mol. The van der Waals surface area contributed by atoms with Crippen molar-refractivity contribution >= 4 is 266 Å². The van der Waals surface area contributed by atoms with Crippen LogP contribution in [0.4, 0.5) is 0 Å². The van der Waals surface area contributed by atoms with Gasteiger partial charge in [-0.05, 0) is 96.8 Å². The zero-order valence-corrected chi connectivity index (χ0v) is 62.5. The van der Waals surface area contributed by atoms with Crippen molar-refractivity contribution in [3.05, 3.63) is 35.5 Å². The first-order valence-electron chi connectivity index (χ1n) is 26.9. The topological polar surface area (TPSA) is 244 Å². The quantitative estimate of drug-likeness (QED) is 0.0548. The first-order chi connectivity index (χ1) is 40.3. The molecule has 0 aliphatic carbocycles. The fraction of sp³-hybridized carbons (Fsp3) is 0.725. The highest BCUT2D eigenvalue weighted by atomic mass is 35.6. The van der Waals surface area contributed by atoms with Crippen LogP contribution in [0.15, 0.2) is 35.5 Å². The molecule has 38 heteroatoms. The molecule has 8 amide bonds. The van der Waals surface area contributed by atoms with Gasteiger partial charge in [0.15, 0.2) is 22.8 Å². The summed E-state index contributed by atoms with van der Waals surface area (Å²) in [6, 6.07) is -8.17. The van der Waals surface area contributed by atoms with Gasteiger partial charge < -0.3 is 24.8 Å². The van der Waals surface area contributed by atoms with Crippen molar-refractivity contribution in [3.63, 3.8) is 0 Å². The minimum absolute atomic E-state index is 0.0307. The van der Waals surface area contributed by atoms with Crippen LogP contribution in [-0.2, 0) is 62.6 Å². The number of halogens is 18. The molecule has 0 fully saturated rings. The van der Waals surface area contributed by atoms with E-state index in [1.807, 2.05) is 0 Å². The molecule has 3 aliphatic heterocycles. The number of methoxy groups -OCH3 is 1. The number of hydrogen-bond acceptors (Lipinski definition) is 13. The van der Waals surface area contributed by atoms with E-state index in [0.717, 1.165) is 32.9 Å². The van der Waals surface area contributed by atoms with Crippen molar-refractivity contribution in [2.75, 3.05) is 26.1 Å². The number of nitrogens with zero attached hydrogens (tertiary/aromatic N) is 3. The number of nitrogens with one attached hydrogen (secondary N) is 3. The highest BCUT2D eigenvalue weighted by Gasteiger charge is 2.48. The average Bonchev–Trinajstić information content (AvgIpc) is 1.71. The Kier molecular flexibility index (Phi) is 31.9. The SMILES string of the molecule is CCS(=O)(=O)NC(CCC(Cl)(Cl)Cl)C(=O)N1C(=O)C=C(OCCC(C)(C)C(=O)N[C@H](CCC(Cl)(Cl)Cl)C(=O)N2C(=O)C=C(OCCC(C)(C)C(=O)N[C@@H](CCC(Cl)(Cl)Cl)C(=O)N3C(=O)C=C(OC)[C@@H]3CCC(Cl)(Cl)Cl)[C@@H]2CCC(Cl)(Cl)Cl)C1CCC(Cl)(Cl)Cl. The molecule has 0 saturated heterocycles. The molecule has 508 valence electrons. The first-order valence-corrected chi connectivity index (χ1v) is 35.3. The van der Waals surface area contributed by atoms with Gasteiger partial charge in [0, 0.05) is 29.1 Å². The normalized spacial score (nSPS) is 19.4. The number of hydrogen-bond donors (Lipinski definition) is 3. The van der Waals surface area contributed by atoms with Gasteiger partial charge in [-0.2, -0.15) is 0 Å². The van der Waals surface area contributed by atoms with Crippen LogP contribution in [0.3, 0.4) is 0 Å². The van der Waals surface area contributed by atoms with Gasteiger partial charge in [0.25, 0.3) is 29.5 Å². The van der Waals surface area contributed by atoms with Crippen molar-refractivity contribution in [1.29, 1.82) is 0 Å². The Labute approximate surface area is 607 Å². The van der Waals surface area contributed by atoms with Gasteiger partial charge in [0.2, 0.25) is 27.7 Å². The Morgan fingerprint density at radius 3 is 1.01 bits per heavy atom. The van der Waals surface area contributed by atoms with E-state index in [1.165, 1.54) is 41.7 Å². The van der Waals surface area contributed by atoms with Gasteiger partial charge in [-0.3, -0.25) is 53.1 Å². The lowest BCUT2D eigenvalue weighted by molar-refractivity contribution is -0.148. The van der Waals surface area contributed by atoms with E-state index in [2.05, 4.69) is 15.4 Å². The molecule has 0 aromatic rings. The van der Waals surface area contributed by atoms with Crippen LogP contribution in [0.1, 0.15) is 125 Å². The standard InChI is InChI=1S/C51H64Cl18N6O13S/c1-7-89(84,85)72-29(10-16-48(58,59)60)41(81)75-32(13-19-51(67,68)69)35(26-38(75)78)88-23-21-45(4,5)43(83)71-28(9-15-47(55,56)57)40(80)74-31(12-18-50(64,65)66)34(25-37(74)77)87-22-20-44(2,3)42(82)70-27(8-14-46(52,53)54)39(79)73-30(11-17-49(61,62)63)33(86-6)24-36(73)76/h24-32,72H,7-23H2,1-6H3,(H,70,82)(H,71,83)/t27-,28+,29?,30-,31-,32?/m0/s1. The van der Waals surface area contributed by atoms with Gasteiger partial charge >= 0.3 is 0 Å². The van der Waals surface area contributed by atoms with Crippen LogP contribution in [-0.4, -0.2) is 155 Å². The summed E-state index contributed by atoms with van der Waals surface area (Å²) in [6.07, 6.45) is -0.0692. The Hall–Kier alpha value is 0.110. The number of amides is 8. The van der Waals surface area contributed by atoms with Crippen LogP contribution in [0.25, 0.3) is 0 Å². The fourth-order valence-electron chi connectivity index (χ4n) is 8.93. The van der Waals surface area contributed by atoms with Crippen LogP contribution in [0.5, 0.6) is 0 Å². The Bertz CT molecular complexity index is 2790. The lowest BCUT2D eigenvalue weighted by Gasteiger charge is -2.33. The summed E-state index contributed by atoms with van der Waals surface area (Å²) >= 11 is 109. The summed E-state index contributed by atoms with van der Waals surface area (Å²) in [6.45, 7) is 6.69. The predicted molar refractivity (Wildman–Crippen MR) is 354 cm³/mol. The third kappa shape index (κ3) is 28.2. The molecule has 0 aromatic heterocycles. The monoisotopic (exact) mass is 1630 g/mol. The molecule has 0 saturated carbocycles. The van der Waals surface area contributed by atoms with Crippen LogP contribution >= 0.6 is 209 Å². The number of sulfonamides is 1. The van der Waals surface area contributed by atoms with E-state index in [4.69, 9.17) is 223 Å². The second-order valence-electron chi connectivity index (χ2n) is 22.0. The van der Waals surface area contributed by atoms with E-state index in [1.54, 1.807) is 0 Å². The molecule has 6 atom stereocenters. The number of carbonyl (C=O) groups is 8. The van der Waals surface area contributed by atoms with Crippen LogP contribution in [0.2, 0.25) is 0 Å². The maximum atomic E-state index is 14.8. The molecule has 0 radical (unpaired) electrons. The number of carbonyl (C=O) groups excluding carboxylic acids is 8. The molecule has 3 N–H and O–H groups in total. The molecule has 3 heterocycles. The van der Waals surface area contributed by atoms with Crippen molar-refractivity contribution in [3.8, 4) is 0 Å². The van der Waals surface area contributed by atoms with Gasteiger partial charge in [0.05, 0.1) is 44.2 Å². The van der Waals surface area contributed by atoms with E-state index >= 15 is 0 Å². The average molecular weight is 1640 g/mol. The third-order valence-electron chi connectivity index (χ3n) is 14.1. The summed E-state index contributed by atoms with van der Waals surface area (Å²) in [5, 5.41) is 5.33. The molecule has 3 aliphatic rings. The van der Waals surface area contributed by atoms with E-state index in [-0.39, 0.29) is 120 Å². The number of ether oxygens (including phenoxy) is 3. The second-order valence-corrected chi connectivity index (χ2v) is 39.2. The maximum Gasteiger partial charge on any atom is 0.257 e. The van der Waals surface area contributed by atoms with E-state index in [0.29, 0.717) is 0 Å². The summed E-state index contributed by atoms with van der Waals surface area (Å²) in [4.78, 5) is 115. The highest BCUT2D eigenvalue weighted by molar-refractivity contribution is 7.89. The van der Waals surface area contributed by atoms with Gasteiger partial charge in [-0.15, -0.1) is 0 Å². The summed E-state index contributed by atoms with van der Waals surface area (Å²) < 4.78 is 33.9. The van der Waals surface area contributed by atoms with Crippen molar-refractivity contribution in [1.82, 2.24) is 30.1 Å². The zero-order valence-electron chi connectivity index (χ0n) is 48.1. The van der Waals surface area contributed by atoms with Gasteiger partial charge in [-0.1, -0.05) is 237 Å². The summed E-state index contributed by atoms with van der Waals surface area (Å²) in [7, 11) is -2.78. The van der Waals surface area contributed by atoms with Gasteiger partial charge in [0.1, 0.15) is 35.4 Å². The zero-order chi connectivity index (χ0) is 68.4. The Balaban J connectivity index is 1.87. The Morgan fingerprint density at radius 1 is 0.461 bits per heavy atom. The molecule has 0 spiro atoms. The lowest BCUT2D eigenvalue weighted by atomic mass is 9.88. The highest BCUT2D eigenvalue weighted by Crippen LogP contribution is 2.41. The fourth-order valence-corrected chi connectivity index (χ4v) is 11.7. The summed E-state index contributed by atoms with van der Waals surface area (Å²) in [5.41, 5.74) is -2.83. The first kappa shape index (κ1) is 83.3. The molecule has 2 unspecified atom stereocenters. The lowest BCUT2D eigenvalue weighted by Crippen LogP contribution is -2.54. The number of alkyl halides is 18. The molecule has 0 bridgehead atoms. The van der Waals surface area contributed by atoms with Crippen molar-refractivity contribution in [2.24, 2.45) is 10.8 Å². The number of imide groups is 3. The molecule has 89 heavy (non-hydrogen) atoms. The maximum absolute atomic E-state index is 14.8. The third-order valence-corrected chi connectivity index (χ3v) is 18.9. The Morgan fingerprint density at radius 2 is 0.730 bits per heavy atom. The number of rotatable bonds is 31. The predicted octanol–water partition coefficient (Wildman–Crippen LogP) is 13.5. The van der Waals surface area contributed by atoms with Crippen molar-refractivity contribution < 1.29 is 61.0 Å². The van der Waals surface area contributed by atoms with Crippen molar-refractivity contribution in [2.45, 2.75) is 184 Å². The van der Waals surface area contributed by atoms with E-state index < -0.39 is 133 Å².